The Kier molecular flexibility index (Phi) is 6.75. The van der Waals surface area contributed by atoms with Crippen LogP contribution < -0.4 is 15.6 Å². The van der Waals surface area contributed by atoms with Gasteiger partial charge < -0.3 is 10.2 Å². The highest BCUT2D eigenvalue weighted by Gasteiger charge is 2.01. The SMILES string of the molecule is CCN(CC)c1ccc(/C=N\NC(=S)Nc2ccccc2C)cc1. The van der Waals surface area contributed by atoms with Crippen LogP contribution in [-0.4, -0.2) is 24.4 Å². The van der Waals surface area contributed by atoms with Crippen molar-refractivity contribution in [2.24, 2.45) is 5.10 Å². The Labute approximate surface area is 149 Å². The number of rotatable bonds is 6. The second kappa shape index (κ2) is 9.03. The Morgan fingerprint density at radius 2 is 1.75 bits per heavy atom. The Bertz CT molecular complexity index is 691. The predicted molar refractivity (Wildman–Crippen MR) is 108 cm³/mol. The molecule has 0 atom stereocenters. The highest BCUT2D eigenvalue weighted by Crippen LogP contribution is 2.14. The average molecular weight is 340 g/mol. The monoisotopic (exact) mass is 340 g/mol. The van der Waals surface area contributed by atoms with Gasteiger partial charge in [0.15, 0.2) is 5.11 Å². The molecule has 0 spiro atoms. The van der Waals surface area contributed by atoms with E-state index < -0.39 is 0 Å². The summed E-state index contributed by atoms with van der Waals surface area (Å²) in [6, 6.07) is 16.3. The molecule has 0 aliphatic carbocycles. The van der Waals surface area contributed by atoms with Gasteiger partial charge in [-0.2, -0.15) is 5.10 Å². The van der Waals surface area contributed by atoms with Gasteiger partial charge in [-0.15, -0.1) is 0 Å². The van der Waals surface area contributed by atoms with E-state index in [2.05, 4.69) is 58.9 Å². The van der Waals surface area contributed by atoms with Crippen molar-refractivity contribution in [2.75, 3.05) is 23.3 Å². The van der Waals surface area contributed by atoms with E-state index >= 15 is 0 Å². The number of para-hydroxylation sites is 1. The van der Waals surface area contributed by atoms with Crippen molar-refractivity contribution in [2.45, 2.75) is 20.8 Å². The summed E-state index contributed by atoms with van der Waals surface area (Å²) in [5.41, 5.74) is 7.21. The third kappa shape index (κ3) is 5.06. The number of hydrogen-bond acceptors (Lipinski definition) is 3. The van der Waals surface area contributed by atoms with Gasteiger partial charge in [0, 0.05) is 24.5 Å². The zero-order valence-corrected chi connectivity index (χ0v) is 15.2. The van der Waals surface area contributed by atoms with Gasteiger partial charge in [-0.1, -0.05) is 30.3 Å². The van der Waals surface area contributed by atoms with Crippen LogP contribution in [0.15, 0.2) is 53.6 Å². The number of hydrogen-bond donors (Lipinski definition) is 2. The molecule has 0 heterocycles. The van der Waals surface area contributed by atoms with E-state index in [4.69, 9.17) is 12.2 Å². The first-order chi connectivity index (χ1) is 11.6. The summed E-state index contributed by atoms with van der Waals surface area (Å²) in [6.45, 7) is 8.36. The van der Waals surface area contributed by atoms with Gasteiger partial charge in [-0.25, -0.2) is 0 Å². The Morgan fingerprint density at radius 1 is 1.08 bits per heavy atom. The fraction of sp³-hybridized carbons (Fsp3) is 0.263. The lowest BCUT2D eigenvalue weighted by molar-refractivity contribution is 0.866. The van der Waals surface area contributed by atoms with E-state index in [0.717, 1.165) is 29.9 Å². The van der Waals surface area contributed by atoms with Gasteiger partial charge in [0.1, 0.15) is 0 Å². The van der Waals surface area contributed by atoms with E-state index in [1.54, 1.807) is 6.21 Å². The second-order valence-corrected chi connectivity index (χ2v) is 5.81. The summed E-state index contributed by atoms with van der Waals surface area (Å²) < 4.78 is 0. The van der Waals surface area contributed by atoms with Crippen LogP contribution in [0.1, 0.15) is 25.0 Å². The molecule has 0 bridgehead atoms. The molecule has 4 nitrogen and oxygen atoms in total. The predicted octanol–water partition coefficient (Wildman–Crippen LogP) is 4.16. The molecule has 126 valence electrons. The molecule has 0 aromatic heterocycles. The van der Waals surface area contributed by atoms with Gasteiger partial charge in [0.05, 0.1) is 6.21 Å². The zero-order chi connectivity index (χ0) is 17.4. The van der Waals surface area contributed by atoms with Crippen LogP contribution in [0.2, 0.25) is 0 Å². The number of nitrogens with one attached hydrogen (secondary N) is 2. The molecule has 0 fully saturated rings. The molecule has 2 rings (SSSR count). The topological polar surface area (TPSA) is 39.7 Å². The van der Waals surface area contributed by atoms with Gasteiger partial charge in [0.25, 0.3) is 0 Å². The lowest BCUT2D eigenvalue weighted by atomic mass is 10.2. The molecule has 0 amide bonds. The molecule has 0 aliphatic heterocycles. The lowest BCUT2D eigenvalue weighted by Gasteiger charge is -2.20. The molecule has 2 aromatic carbocycles. The highest BCUT2D eigenvalue weighted by molar-refractivity contribution is 7.80. The number of benzene rings is 2. The maximum absolute atomic E-state index is 5.25. The molecule has 0 unspecified atom stereocenters. The summed E-state index contributed by atoms with van der Waals surface area (Å²) >= 11 is 5.25. The first-order valence-corrected chi connectivity index (χ1v) is 8.55. The Balaban J connectivity index is 1.89. The molecule has 24 heavy (non-hydrogen) atoms. The minimum Gasteiger partial charge on any atom is -0.372 e. The first-order valence-electron chi connectivity index (χ1n) is 8.14. The van der Waals surface area contributed by atoms with Gasteiger partial charge in [-0.05, 0) is 62.3 Å². The highest BCUT2D eigenvalue weighted by atomic mass is 32.1. The van der Waals surface area contributed by atoms with E-state index in [0.29, 0.717) is 5.11 Å². The van der Waals surface area contributed by atoms with E-state index in [-0.39, 0.29) is 0 Å². The van der Waals surface area contributed by atoms with Gasteiger partial charge in [-0.3, -0.25) is 5.43 Å². The zero-order valence-electron chi connectivity index (χ0n) is 14.4. The van der Waals surface area contributed by atoms with E-state index in [9.17, 15) is 0 Å². The van der Waals surface area contributed by atoms with Crippen molar-refractivity contribution < 1.29 is 0 Å². The molecule has 2 N–H and O–H groups in total. The van der Waals surface area contributed by atoms with Crippen LogP contribution in [0.3, 0.4) is 0 Å². The summed E-state index contributed by atoms with van der Waals surface area (Å²) in [6.07, 6.45) is 1.76. The van der Waals surface area contributed by atoms with E-state index in [1.165, 1.54) is 5.69 Å². The van der Waals surface area contributed by atoms with Crippen LogP contribution in [-0.2, 0) is 0 Å². The average Bonchev–Trinajstić information content (AvgIpc) is 2.59. The number of aryl methyl sites for hydroxylation is 1. The van der Waals surface area contributed by atoms with Crippen molar-refractivity contribution in [1.82, 2.24) is 5.43 Å². The number of thiocarbonyl (C=S) groups is 1. The quantitative estimate of drug-likeness (QED) is 0.470. The van der Waals surface area contributed by atoms with Crippen LogP contribution in [0.4, 0.5) is 11.4 Å². The van der Waals surface area contributed by atoms with Crippen molar-refractivity contribution >= 4 is 34.9 Å². The number of hydrazone groups is 1. The van der Waals surface area contributed by atoms with Crippen LogP contribution >= 0.6 is 12.2 Å². The van der Waals surface area contributed by atoms with Gasteiger partial charge in [0.2, 0.25) is 0 Å². The summed E-state index contributed by atoms with van der Waals surface area (Å²) in [5.74, 6) is 0. The molecule has 0 aliphatic rings. The molecule has 0 saturated heterocycles. The molecular formula is C19H24N4S. The largest absolute Gasteiger partial charge is 0.372 e. The fourth-order valence-electron chi connectivity index (χ4n) is 2.39. The third-order valence-corrected chi connectivity index (χ3v) is 3.99. The molecule has 2 aromatic rings. The minimum absolute atomic E-state index is 0.473. The second-order valence-electron chi connectivity index (χ2n) is 5.40. The summed E-state index contributed by atoms with van der Waals surface area (Å²) in [5, 5.41) is 7.80. The first kappa shape index (κ1) is 17.9. The lowest BCUT2D eigenvalue weighted by Crippen LogP contribution is -2.24. The van der Waals surface area contributed by atoms with E-state index in [1.807, 2.05) is 31.2 Å². The van der Waals surface area contributed by atoms with Crippen molar-refractivity contribution in [1.29, 1.82) is 0 Å². The summed E-state index contributed by atoms with van der Waals surface area (Å²) in [4.78, 5) is 2.31. The smallest absolute Gasteiger partial charge is 0.191 e. The molecule has 0 saturated carbocycles. The standard InChI is InChI=1S/C19H24N4S/c1-4-23(5-2)17-12-10-16(11-13-17)14-20-22-19(24)21-18-9-7-6-8-15(18)3/h6-14H,4-5H2,1-3H3,(H2,21,22,24)/b20-14-. The third-order valence-electron chi connectivity index (χ3n) is 3.79. The number of anilines is 2. The maximum Gasteiger partial charge on any atom is 0.191 e. The Hall–Kier alpha value is -2.40. The number of nitrogens with zero attached hydrogens (tertiary/aromatic N) is 2. The van der Waals surface area contributed by atoms with Crippen LogP contribution in [0, 0.1) is 6.92 Å². The van der Waals surface area contributed by atoms with Gasteiger partial charge >= 0.3 is 0 Å². The molecule has 0 radical (unpaired) electrons. The van der Waals surface area contributed by atoms with Crippen LogP contribution in [0.5, 0.6) is 0 Å². The molecular weight excluding hydrogens is 316 g/mol. The summed E-state index contributed by atoms with van der Waals surface area (Å²) in [7, 11) is 0. The minimum atomic E-state index is 0.473. The van der Waals surface area contributed by atoms with Crippen molar-refractivity contribution in [3.05, 3.63) is 59.7 Å². The normalized spacial score (nSPS) is 10.6. The van der Waals surface area contributed by atoms with Crippen molar-refractivity contribution in [3.63, 3.8) is 0 Å². The fourth-order valence-corrected chi connectivity index (χ4v) is 2.55. The molecule has 5 heteroatoms. The Morgan fingerprint density at radius 3 is 2.38 bits per heavy atom. The van der Waals surface area contributed by atoms with Crippen molar-refractivity contribution in [3.8, 4) is 0 Å². The van der Waals surface area contributed by atoms with Crippen LogP contribution in [0.25, 0.3) is 0 Å². The maximum atomic E-state index is 5.25.